The highest BCUT2D eigenvalue weighted by Gasteiger charge is 2.19. The third-order valence-corrected chi connectivity index (χ3v) is 9.55. The Hall–Kier alpha value is -5.14. The van der Waals surface area contributed by atoms with E-state index in [1.54, 1.807) is 6.20 Å². The molecule has 1 fully saturated rings. The molecule has 0 spiro atoms. The topological polar surface area (TPSA) is 123 Å². The van der Waals surface area contributed by atoms with Crippen molar-refractivity contribution in [1.29, 1.82) is 5.26 Å². The molecule has 3 aromatic carbocycles. The molecule has 1 saturated heterocycles. The van der Waals surface area contributed by atoms with E-state index in [0.717, 1.165) is 75.2 Å². The monoisotopic (exact) mass is 651 g/mol. The molecule has 0 radical (unpaired) electrons. The average molecular weight is 652 g/mol. The fourth-order valence-corrected chi connectivity index (χ4v) is 6.76. The number of aromatic nitrogens is 3. The lowest BCUT2D eigenvalue weighted by Gasteiger charge is -2.26. The minimum absolute atomic E-state index is 0.0127. The summed E-state index contributed by atoms with van der Waals surface area (Å²) in [6.45, 7) is 9.85. The third kappa shape index (κ3) is 6.76. The van der Waals surface area contributed by atoms with Gasteiger partial charge in [0, 0.05) is 48.2 Å². The highest BCUT2D eigenvalue weighted by molar-refractivity contribution is 5.91. The molecule has 4 heterocycles. The van der Waals surface area contributed by atoms with Crippen LogP contribution in [-0.4, -0.2) is 50.7 Å². The standard InChI is InChI=1S/C40H41N7O2/c1-25(24-48)43-21-29-18-30-13-14-42-39(37(30)44-22-29)45-35-12-8-10-33(27(35)3)32-9-7-11-34(26(32)2)40-46-36-19-28(17-31(20-41)38(36)49-40)23-47-15-5-4-6-16-47/h7-14,17-19,22,25,43,48H,4-6,15-16,21,23-24H2,1-3H3,(H,42,45). The molecule has 1 unspecified atom stereocenters. The van der Waals surface area contributed by atoms with Gasteiger partial charge in [0.05, 0.1) is 12.2 Å². The lowest BCUT2D eigenvalue weighted by molar-refractivity contribution is 0.221. The molecule has 9 heteroatoms. The highest BCUT2D eigenvalue weighted by atomic mass is 16.3. The van der Waals surface area contributed by atoms with Crippen molar-refractivity contribution in [3.63, 3.8) is 0 Å². The van der Waals surface area contributed by atoms with Crippen molar-refractivity contribution < 1.29 is 9.52 Å². The maximum absolute atomic E-state index is 10.00. The zero-order chi connectivity index (χ0) is 33.9. The zero-order valence-corrected chi connectivity index (χ0v) is 28.3. The van der Waals surface area contributed by atoms with Crippen molar-refractivity contribution in [2.24, 2.45) is 0 Å². The van der Waals surface area contributed by atoms with Gasteiger partial charge in [-0.15, -0.1) is 0 Å². The number of pyridine rings is 2. The van der Waals surface area contributed by atoms with Crippen LogP contribution >= 0.6 is 0 Å². The molecular weight excluding hydrogens is 610 g/mol. The summed E-state index contributed by atoms with van der Waals surface area (Å²) in [7, 11) is 0. The van der Waals surface area contributed by atoms with Crippen molar-refractivity contribution in [2.45, 2.75) is 59.2 Å². The number of benzene rings is 3. The Morgan fingerprint density at radius 1 is 0.939 bits per heavy atom. The largest absolute Gasteiger partial charge is 0.435 e. The van der Waals surface area contributed by atoms with Gasteiger partial charge in [0.25, 0.3) is 0 Å². The van der Waals surface area contributed by atoms with Gasteiger partial charge < -0.3 is 20.2 Å². The molecule has 248 valence electrons. The Labute approximate surface area is 286 Å². The van der Waals surface area contributed by atoms with Gasteiger partial charge in [-0.2, -0.15) is 5.26 Å². The molecule has 9 nitrogen and oxygen atoms in total. The van der Waals surface area contributed by atoms with Crippen molar-refractivity contribution in [3.8, 4) is 28.7 Å². The fraction of sp³-hybridized carbons (Fsp3) is 0.300. The SMILES string of the molecule is Cc1c(Nc2nccc3cc(CNC(C)CO)cnc23)cccc1-c1cccc(-c2nc3cc(CN4CCCCC4)cc(C#N)c3o2)c1C. The predicted molar refractivity (Wildman–Crippen MR) is 194 cm³/mol. The van der Waals surface area contributed by atoms with Crippen molar-refractivity contribution in [3.05, 3.63) is 101 Å². The van der Waals surface area contributed by atoms with Gasteiger partial charge in [-0.1, -0.05) is 30.7 Å². The average Bonchev–Trinajstić information content (AvgIpc) is 3.56. The van der Waals surface area contributed by atoms with Crippen LogP contribution in [0, 0.1) is 25.2 Å². The molecule has 0 saturated carbocycles. The number of oxazole rings is 1. The van der Waals surface area contributed by atoms with Crippen molar-refractivity contribution >= 4 is 33.5 Å². The molecule has 1 atom stereocenters. The number of rotatable bonds is 10. The molecule has 0 aliphatic carbocycles. The first-order valence-electron chi connectivity index (χ1n) is 17.0. The first-order valence-corrected chi connectivity index (χ1v) is 17.0. The van der Waals surface area contributed by atoms with E-state index in [1.165, 1.54) is 19.3 Å². The van der Waals surface area contributed by atoms with Gasteiger partial charge >= 0.3 is 0 Å². The highest BCUT2D eigenvalue weighted by Crippen LogP contribution is 2.37. The number of nitriles is 1. The smallest absolute Gasteiger partial charge is 0.227 e. The maximum atomic E-state index is 10.00. The number of aliphatic hydroxyl groups is 1. The number of piperidine rings is 1. The van der Waals surface area contributed by atoms with Crippen LogP contribution in [0.4, 0.5) is 11.5 Å². The molecular formula is C40H41N7O2. The Kier molecular flexibility index (Phi) is 9.36. The van der Waals surface area contributed by atoms with Gasteiger partial charge in [0.2, 0.25) is 5.89 Å². The van der Waals surface area contributed by atoms with Crippen LogP contribution in [0.25, 0.3) is 44.6 Å². The van der Waals surface area contributed by atoms with E-state index in [2.05, 4.69) is 70.8 Å². The Morgan fingerprint density at radius 2 is 1.71 bits per heavy atom. The van der Waals surface area contributed by atoms with Crippen molar-refractivity contribution in [1.82, 2.24) is 25.2 Å². The summed E-state index contributed by atoms with van der Waals surface area (Å²) in [6.07, 6.45) is 7.37. The lowest BCUT2D eigenvalue weighted by atomic mass is 9.93. The number of nitrogens with zero attached hydrogens (tertiary/aromatic N) is 5. The summed E-state index contributed by atoms with van der Waals surface area (Å²) >= 11 is 0. The molecule has 0 amide bonds. The quantitative estimate of drug-likeness (QED) is 0.136. The molecule has 6 aromatic rings. The minimum Gasteiger partial charge on any atom is -0.435 e. The van der Waals surface area contributed by atoms with Gasteiger partial charge in [0.1, 0.15) is 17.1 Å². The normalized spacial score (nSPS) is 14.3. The molecule has 3 aromatic heterocycles. The summed E-state index contributed by atoms with van der Waals surface area (Å²) < 4.78 is 6.32. The summed E-state index contributed by atoms with van der Waals surface area (Å²) in [4.78, 5) is 16.8. The minimum atomic E-state index is 0.0127. The number of anilines is 2. The van der Waals surface area contributed by atoms with Gasteiger partial charge in [-0.3, -0.25) is 9.88 Å². The van der Waals surface area contributed by atoms with Gasteiger partial charge in [-0.25, -0.2) is 9.97 Å². The van der Waals surface area contributed by atoms with E-state index in [1.807, 2.05) is 43.5 Å². The predicted octanol–water partition coefficient (Wildman–Crippen LogP) is 7.79. The van der Waals surface area contributed by atoms with E-state index in [0.29, 0.717) is 34.9 Å². The van der Waals surface area contributed by atoms with E-state index in [9.17, 15) is 10.4 Å². The van der Waals surface area contributed by atoms with E-state index in [-0.39, 0.29) is 12.6 Å². The summed E-state index contributed by atoms with van der Waals surface area (Å²) in [5.41, 5.74) is 10.8. The molecule has 1 aliphatic rings. The second kappa shape index (κ2) is 14.1. The first-order chi connectivity index (χ1) is 23.9. The van der Waals surface area contributed by atoms with Gasteiger partial charge in [0.15, 0.2) is 11.4 Å². The van der Waals surface area contributed by atoms with E-state index in [4.69, 9.17) is 14.4 Å². The van der Waals surface area contributed by atoms with Crippen LogP contribution in [0.5, 0.6) is 0 Å². The van der Waals surface area contributed by atoms with Crippen LogP contribution in [0.3, 0.4) is 0 Å². The van der Waals surface area contributed by atoms with Crippen LogP contribution in [0.1, 0.15) is 54.0 Å². The molecule has 0 bridgehead atoms. The number of hydrogen-bond acceptors (Lipinski definition) is 9. The van der Waals surface area contributed by atoms with Crippen LogP contribution < -0.4 is 10.6 Å². The number of nitrogens with one attached hydrogen (secondary N) is 2. The first kappa shape index (κ1) is 32.4. The Balaban J connectivity index is 1.18. The van der Waals surface area contributed by atoms with Gasteiger partial charge in [-0.05, 0) is 116 Å². The fourth-order valence-electron chi connectivity index (χ4n) is 6.76. The molecule has 7 rings (SSSR count). The lowest BCUT2D eigenvalue weighted by Crippen LogP contribution is -2.29. The van der Waals surface area contributed by atoms with Crippen molar-refractivity contribution in [2.75, 3.05) is 25.0 Å². The second-order valence-corrected chi connectivity index (χ2v) is 13.1. The Bertz CT molecular complexity index is 2180. The number of aliphatic hydroxyl groups excluding tert-OH is 1. The number of hydrogen-bond donors (Lipinski definition) is 3. The van der Waals surface area contributed by atoms with E-state index >= 15 is 0 Å². The second-order valence-electron chi connectivity index (χ2n) is 13.1. The summed E-state index contributed by atoms with van der Waals surface area (Å²) in [6, 6.07) is 22.9. The Morgan fingerprint density at radius 3 is 2.51 bits per heavy atom. The zero-order valence-electron chi connectivity index (χ0n) is 28.3. The molecule has 49 heavy (non-hydrogen) atoms. The molecule has 3 N–H and O–H groups in total. The van der Waals surface area contributed by atoms with Crippen LogP contribution in [0.2, 0.25) is 0 Å². The van der Waals surface area contributed by atoms with Crippen LogP contribution in [-0.2, 0) is 13.1 Å². The number of likely N-dealkylation sites (tertiary alicyclic amines) is 1. The van der Waals surface area contributed by atoms with Crippen LogP contribution in [0.15, 0.2) is 77.5 Å². The maximum Gasteiger partial charge on any atom is 0.227 e. The summed E-state index contributed by atoms with van der Waals surface area (Å²) in [5, 5.41) is 27.2. The summed E-state index contributed by atoms with van der Waals surface area (Å²) in [5.74, 6) is 1.20. The number of fused-ring (bicyclic) bond motifs is 2. The molecule has 1 aliphatic heterocycles. The third-order valence-electron chi connectivity index (χ3n) is 9.55. The van der Waals surface area contributed by atoms with E-state index < -0.39 is 0 Å².